The van der Waals surface area contributed by atoms with E-state index in [1.54, 1.807) is 0 Å². The summed E-state index contributed by atoms with van der Waals surface area (Å²) in [5.41, 5.74) is 2.91. The van der Waals surface area contributed by atoms with Crippen LogP contribution in [-0.2, 0) is 6.54 Å². The van der Waals surface area contributed by atoms with Gasteiger partial charge in [0.25, 0.3) is 5.69 Å². The van der Waals surface area contributed by atoms with Crippen molar-refractivity contribution >= 4 is 11.4 Å². The summed E-state index contributed by atoms with van der Waals surface area (Å²) in [6, 6.07) is 12.1. The van der Waals surface area contributed by atoms with Gasteiger partial charge in [-0.1, -0.05) is 24.3 Å². The van der Waals surface area contributed by atoms with Gasteiger partial charge in [-0.05, 0) is 30.2 Å². The molecule has 0 unspecified atom stereocenters. The lowest BCUT2D eigenvalue weighted by Crippen LogP contribution is -2.46. The lowest BCUT2D eigenvalue weighted by molar-refractivity contribution is -0.384. The van der Waals surface area contributed by atoms with Crippen molar-refractivity contribution in [1.29, 1.82) is 0 Å². The zero-order valence-electron chi connectivity index (χ0n) is 13.6. The summed E-state index contributed by atoms with van der Waals surface area (Å²) in [6.07, 6.45) is 0. The van der Waals surface area contributed by atoms with Crippen LogP contribution < -0.4 is 4.90 Å². The summed E-state index contributed by atoms with van der Waals surface area (Å²) in [7, 11) is 0. The normalized spacial score (nSPS) is 15.5. The second-order valence-electron chi connectivity index (χ2n) is 6.08. The third-order valence-corrected chi connectivity index (χ3v) is 4.50. The fraction of sp³-hybridized carbons (Fsp3) is 0.333. The van der Waals surface area contributed by atoms with Crippen LogP contribution in [0.5, 0.6) is 0 Å². The van der Waals surface area contributed by atoms with Crippen molar-refractivity contribution in [2.24, 2.45) is 0 Å². The first kappa shape index (κ1) is 16.4. The molecular weight excluding hydrogens is 309 g/mol. The molecule has 1 fully saturated rings. The second kappa shape index (κ2) is 6.97. The summed E-state index contributed by atoms with van der Waals surface area (Å²) < 4.78 is 13.3. The molecule has 1 aliphatic heterocycles. The van der Waals surface area contributed by atoms with Gasteiger partial charge in [0.05, 0.1) is 11.0 Å². The number of nitrogens with zero attached hydrogens (tertiary/aromatic N) is 3. The summed E-state index contributed by atoms with van der Waals surface area (Å²) in [6.45, 7) is 6.02. The van der Waals surface area contributed by atoms with Crippen molar-refractivity contribution in [1.82, 2.24) is 4.90 Å². The van der Waals surface area contributed by atoms with Gasteiger partial charge in [0.2, 0.25) is 0 Å². The summed E-state index contributed by atoms with van der Waals surface area (Å²) in [5, 5.41) is 11.2. The Labute approximate surface area is 140 Å². The standard InChI is InChI=1S/C18H20FN3O2/c1-14-4-2-3-5-15(14)13-20-8-10-21(11-9-20)17-7-6-16(19)12-18(17)22(23)24/h2-7,12H,8-11,13H2,1H3. The number of rotatable bonds is 4. The Balaban J connectivity index is 1.67. The zero-order chi connectivity index (χ0) is 17.1. The Kier molecular flexibility index (Phi) is 4.76. The number of aryl methyl sites for hydroxylation is 1. The van der Waals surface area contributed by atoms with E-state index in [-0.39, 0.29) is 5.69 Å². The maximum absolute atomic E-state index is 13.3. The third-order valence-electron chi connectivity index (χ3n) is 4.50. The number of hydrogen-bond donors (Lipinski definition) is 0. The van der Waals surface area contributed by atoms with Gasteiger partial charge in [0.1, 0.15) is 11.5 Å². The summed E-state index contributed by atoms with van der Waals surface area (Å²) >= 11 is 0. The molecule has 0 atom stereocenters. The van der Waals surface area contributed by atoms with Crippen LogP contribution in [0.1, 0.15) is 11.1 Å². The summed E-state index contributed by atoms with van der Waals surface area (Å²) in [4.78, 5) is 15.0. The molecule has 24 heavy (non-hydrogen) atoms. The van der Waals surface area contributed by atoms with Crippen LogP contribution in [0.3, 0.4) is 0 Å². The van der Waals surface area contributed by atoms with E-state index in [1.807, 2.05) is 17.0 Å². The van der Waals surface area contributed by atoms with E-state index in [1.165, 1.54) is 23.3 Å². The molecule has 0 amide bonds. The van der Waals surface area contributed by atoms with Gasteiger partial charge in [-0.2, -0.15) is 0 Å². The van der Waals surface area contributed by atoms with E-state index < -0.39 is 10.7 Å². The van der Waals surface area contributed by atoms with Crippen LogP contribution in [0.4, 0.5) is 15.8 Å². The molecule has 2 aromatic carbocycles. The monoisotopic (exact) mass is 329 g/mol. The lowest BCUT2D eigenvalue weighted by atomic mass is 10.1. The van der Waals surface area contributed by atoms with E-state index in [9.17, 15) is 14.5 Å². The van der Waals surface area contributed by atoms with Gasteiger partial charge in [-0.15, -0.1) is 0 Å². The van der Waals surface area contributed by atoms with Crippen molar-refractivity contribution in [3.8, 4) is 0 Å². The molecule has 3 rings (SSSR count). The van der Waals surface area contributed by atoms with Crippen LogP contribution in [0.2, 0.25) is 0 Å². The number of hydrogen-bond acceptors (Lipinski definition) is 4. The summed E-state index contributed by atoms with van der Waals surface area (Å²) in [5.74, 6) is -0.580. The van der Waals surface area contributed by atoms with Crippen LogP contribution in [0.15, 0.2) is 42.5 Å². The van der Waals surface area contributed by atoms with E-state index in [2.05, 4.69) is 24.0 Å². The van der Waals surface area contributed by atoms with Gasteiger partial charge in [-0.25, -0.2) is 4.39 Å². The Bertz CT molecular complexity index is 743. The van der Waals surface area contributed by atoms with Gasteiger partial charge in [0.15, 0.2) is 0 Å². The largest absolute Gasteiger partial charge is 0.363 e. The van der Waals surface area contributed by atoms with Gasteiger partial charge >= 0.3 is 0 Å². The molecule has 126 valence electrons. The zero-order valence-corrected chi connectivity index (χ0v) is 13.6. The molecule has 0 saturated carbocycles. The molecule has 5 nitrogen and oxygen atoms in total. The molecule has 1 heterocycles. The third kappa shape index (κ3) is 3.54. The second-order valence-corrected chi connectivity index (χ2v) is 6.08. The van der Waals surface area contributed by atoms with Gasteiger partial charge in [-0.3, -0.25) is 15.0 Å². The Morgan fingerprint density at radius 2 is 1.83 bits per heavy atom. The molecule has 1 saturated heterocycles. The quantitative estimate of drug-likeness (QED) is 0.637. The molecule has 1 aliphatic rings. The lowest BCUT2D eigenvalue weighted by Gasteiger charge is -2.36. The fourth-order valence-electron chi connectivity index (χ4n) is 3.09. The van der Waals surface area contributed by atoms with Crippen LogP contribution in [-0.4, -0.2) is 36.0 Å². The number of anilines is 1. The van der Waals surface area contributed by atoms with E-state index in [4.69, 9.17) is 0 Å². The van der Waals surface area contributed by atoms with Crippen LogP contribution in [0.25, 0.3) is 0 Å². The molecular formula is C18H20FN3O2. The first-order valence-corrected chi connectivity index (χ1v) is 8.00. The minimum absolute atomic E-state index is 0.164. The first-order valence-electron chi connectivity index (χ1n) is 8.00. The molecule has 0 N–H and O–H groups in total. The van der Waals surface area contributed by atoms with Crippen molar-refractivity contribution in [3.63, 3.8) is 0 Å². The Morgan fingerprint density at radius 1 is 1.12 bits per heavy atom. The molecule has 2 aromatic rings. The van der Waals surface area contributed by atoms with Crippen molar-refractivity contribution in [3.05, 3.63) is 69.5 Å². The molecule has 0 bridgehead atoms. The number of halogens is 1. The number of nitro benzene ring substituents is 1. The van der Waals surface area contributed by atoms with Crippen molar-refractivity contribution < 1.29 is 9.31 Å². The van der Waals surface area contributed by atoms with Crippen LogP contribution >= 0.6 is 0 Å². The fourth-order valence-corrected chi connectivity index (χ4v) is 3.09. The van der Waals surface area contributed by atoms with Gasteiger partial charge in [0, 0.05) is 32.7 Å². The van der Waals surface area contributed by atoms with Crippen LogP contribution in [0, 0.1) is 22.9 Å². The van der Waals surface area contributed by atoms with Gasteiger partial charge < -0.3 is 4.90 Å². The highest BCUT2D eigenvalue weighted by atomic mass is 19.1. The Morgan fingerprint density at radius 3 is 2.50 bits per heavy atom. The predicted octanol–water partition coefficient (Wildman–Crippen LogP) is 3.36. The molecule has 0 aliphatic carbocycles. The van der Waals surface area contributed by atoms with E-state index in [0.29, 0.717) is 18.8 Å². The Hall–Kier alpha value is -2.47. The highest BCUT2D eigenvalue weighted by Crippen LogP contribution is 2.29. The maximum atomic E-state index is 13.3. The van der Waals surface area contributed by atoms with Crippen molar-refractivity contribution in [2.75, 3.05) is 31.1 Å². The molecule has 0 spiro atoms. The predicted molar refractivity (Wildman–Crippen MR) is 91.7 cm³/mol. The van der Waals surface area contributed by atoms with Crippen molar-refractivity contribution in [2.45, 2.75) is 13.5 Å². The number of benzene rings is 2. The maximum Gasteiger partial charge on any atom is 0.295 e. The average molecular weight is 329 g/mol. The average Bonchev–Trinajstić information content (AvgIpc) is 2.58. The topological polar surface area (TPSA) is 49.6 Å². The van der Waals surface area contributed by atoms with E-state index in [0.717, 1.165) is 25.7 Å². The molecule has 0 aromatic heterocycles. The number of nitro groups is 1. The SMILES string of the molecule is Cc1ccccc1CN1CCN(c2ccc(F)cc2[N+](=O)[O-])CC1. The molecule has 0 radical (unpaired) electrons. The highest BCUT2D eigenvalue weighted by molar-refractivity contribution is 5.63. The minimum Gasteiger partial charge on any atom is -0.363 e. The highest BCUT2D eigenvalue weighted by Gasteiger charge is 2.24. The minimum atomic E-state index is -0.580. The molecule has 6 heteroatoms. The first-order chi connectivity index (χ1) is 11.5. The number of piperazine rings is 1. The smallest absolute Gasteiger partial charge is 0.295 e. The van der Waals surface area contributed by atoms with E-state index >= 15 is 0 Å².